The predicted molar refractivity (Wildman–Crippen MR) is 107 cm³/mol. The Morgan fingerprint density at radius 2 is 1.54 bits per heavy atom. The molecule has 0 aliphatic rings. The van der Waals surface area contributed by atoms with Gasteiger partial charge in [-0.05, 0) is 34.1 Å². The van der Waals surface area contributed by atoms with Crippen molar-refractivity contribution in [3.63, 3.8) is 0 Å². The topological polar surface area (TPSA) is 76.7 Å². The van der Waals surface area contributed by atoms with Gasteiger partial charge in [-0.2, -0.15) is 0 Å². The first kappa shape index (κ1) is 19.6. The quantitative estimate of drug-likeness (QED) is 0.289. The number of hydrogen-bond acceptors (Lipinski definition) is 5. The van der Waals surface area contributed by atoms with E-state index in [2.05, 4.69) is 20.7 Å². The second-order valence-corrected chi connectivity index (χ2v) is 6.59. The lowest BCUT2D eigenvalue weighted by Gasteiger charge is -2.11. The van der Waals surface area contributed by atoms with Crippen molar-refractivity contribution in [3.05, 3.63) is 71.0 Å². The van der Waals surface area contributed by atoms with Gasteiger partial charge in [0.1, 0.15) is 0 Å². The third-order valence-electron chi connectivity index (χ3n) is 4.18. The van der Waals surface area contributed by atoms with Gasteiger partial charge < -0.3 is 14.6 Å². The van der Waals surface area contributed by atoms with Gasteiger partial charge in [-0.25, -0.2) is 9.59 Å². The Balaban J connectivity index is 2.47. The molecule has 0 aliphatic carbocycles. The molecule has 1 N–H and O–H groups in total. The summed E-state index contributed by atoms with van der Waals surface area (Å²) in [6.07, 6.45) is 1.66. The van der Waals surface area contributed by atoms with E-state index in [1.54, 1.807) is 6.20 Å². The minimum Gasteiger partial charge on any atom is -0.497 e. The summed E-state index contributed by atoms with van der Waals surface area (Å²) in [5.74, 6) is -2.78. The van der Waals surface area contributed by atoms with E-state index in [4.69, 9.17) is 4.74 Å². The third-order valence-corrected chi connectivity index (χ3v) is 4.99. The Kier molecular flexibility index (Phi) is 5.75. The molecule has 0 radical (unpaired) electrons. The van der Waals surface area contributed by atoms with Gasteiger partial charge in [-0.1, -0.05) is 36.4 Å². The molecule has 0 bridgehead atoms. The lowest BCUT2D eigenvalue weighted by Crippen LogP contribution is -2.41. The zero-order valence-corrected chi connectivity index (χ0v) is 16.8. The number of methoxy groups -OCH3 is 2. The Hall–Kier alpha value is -3.19. The number of aromatic nitrogens is 1. The number of nitrogens with zero attached hydrogens (tertiary/aromatic N) is 1. The van der Waals surface area contributed by atoms with E-state index in [0.29, 0.717) is 10.2 Å². The van der Waals surface area contributed by atoms with Crippen LogP contribution in [0.2, 0.25) is 0 Å². The van der Waals surface area contributed by atoms with E-state index in [-0.39, 0.29) is 5.70 Å². The normalized spacial score (nSPS) is 11.7. The number of esters is 2. The van der Waals surface area contributed by atoms with Gasteiger partial charge in [0.2, 0.25) is 5.69 Å². The minimum absolute atomic E-state index is 0.348. The molecule has 142 valence electrons. The molecule has 3 aromatic rings. The molecule has 0 aliphatic heterocycles. The number of benzene rings is 2. The van der Waals surface area contributed by atoms with E-state index < -0.39 is 17.7 Å². The summed E-state index contributed by atoms with van der Waals surface area (Å²) in [6, 6.07) is 16.8. The van der Waals surface area contributed by atoms with Crippen LogP contribution in [-0.2, 0) is 19.1 Å². The summed E-state index contributed by atoms with van der Waals surface area (Å²) in [4.78, 5) is 24.5. The molecule has 2 aromatic carbocycles. The smallest absolute Gasteiger partial charge is 0.408 e. The number of halogens is 1. The summed E-state index contributed by atoms with van der Waals surface area (Å²) in [5, 5.41) is 12.1. The van der Waals surface area contributed by atoms with Gasteiger partial charge >= 0.3 is 17.6 Å². The standard InChI is InChI=1S/C21H16BrNO5/c1-27-20(25)18(19(24)21(26)28-2)23-12-14-10-6-7-11-15(14)16(22)17(23)13-8-4-3-5-9-13/h3-12H,1-2H3/p+1. The first-order chi connectivity index (χ1) is 13.5. The molecule has 1 aromatic heterocycles. The molecule has 0 unspecified atom stereocenters. The van der Waals surface area contributed by atoms with E-state index in [0.717, 1.165) is 23.4 Å². The molecule has 0 spiro atoms. The minimum atomic E-state index is -1.05. The molecule has 1 heterocycles. The maximum absolute atomic E-state index is 12.5. The highest BCUT2D eigenvalue weighted by Crippen LogP contribution is 2.32. The highest BCUT2D eigenvalue weighted by Gasteiger charge is 2.36. The van der Waals surface area contributed by atoms with Crippen LogP contribution in [0.15, 0.2) is 71.0 Å². The molecule has 0 amide bonds. The van der Waals surface area contributed by atoms with Gasteiger partial charge in [-0.3, -0.25) is 0 Å². The van der Waals surface area contributed by atoms with Crippen LogP contribution in [0.1, 0.15) is 0 Å². The Bertz CT molecular complexity index is 1090. The molecule has 0 saturated heterocycles. The molecule has 3 rings (SSSR count). The largest absolute Gasteiger partial charge is 0.497 e. The fourth-order valence-electron chi connectivity index (χ4n) is 2.88. The Labute approximate surface area is 169 Å². The zero-order chi connectivity index (χ0) is 20.3. The second-order valence-electron chi connectivity index (χ2n) is 5.80. The number of aliphatic hydroxyl groups is 1. The predicted octanol–water partition coefficient (Wildman–Crippen LogP) is 3.63. The van der Waals surface area contributed by atoms with Crippen molar-refractivity contribution < 1.29 is 28.7 Å². The number of aliphatic hydroxyl groups excluding tert-OH is 1. The second kappa shape index (κ2) is 8.22. The number of hydrogen-bond donors (Lipinski definition) is 1. The summed E-state index contributed by atoms with van der Waals surface area (Å²) < 4.78 is 11.5. The number of pyridine rings is 1. The summed E-state index contributed by atoms with van der Waals surface area (Å²) >= 11 is 3.62. The van der Waals surface area contributed by atoms with E-state index >= 15 is 0 Å². The van der Waals surface area contributed by atoms with E-state index in [1.165, 1.54) is 11.7 Å². The van der Waals surface area contributed by atoms with Crippen LogP contribution in [0.3, 0.4) is 0 Å². The SMILES string of the molecule is COC(=O)/C(O)=C(\C(=O)OC)[n+]1cc2ccccc2c(Br)c1-c1ccccc1. The van der Waals surface area contributed by atoms with Crippen LogP contribution < -0.4 is 4.57 Å². The van der Waals surface area contributed by atoms with Crippen molar-refractivity contribution in [2.24, 2.45) is 0 Å². The van der Waals surface area contributed by atoms with Crippen molar-refractivity contribution in [1.29, 1.82) is 0 Å². The zero-order valence-electron chi connectivity index (χ0n) is 15.2. The molecule has 7 heteroatoms. The summed E-state index contributed by atoms with van der Waals surface area (Å²) in [6.45, 7) is 0. The van der Waals surface area contributed by atoms with Crippen LogP contribution in [0.25, 0.3) is 27.7 Å². The van der Waals surface area contributed by atoms with Crippen LogP contribution >= 0.6 is 15.9 Å². The monoisotopic (exact) mass is 442 g/mol. The summed E-state index contributed by atoms with van der Waals surface area (Å²) in [7, 11) is 2.29. The van der Waals surface area contributed by atoms with Crippen molar-refractivity contribution in [2.75, 3.05) is 14.2 Å². The average molecular weight is 443 g/mol. The Morgan fingerprint density at radius 1 is 0.929 bits per heavy atom. The molecule has 0 fully saturated rings. The number of carbonyl (C=O) groups is 2. The molecular formula is C21H17BrNO5+. The van der Waals surface area contributed by atoms with Crippen molar-refractivity contribution in [1.82, 2.24) is 0 Å². The lowest BCUT2D eigenvalue weighted by molar-refractivity contribution is -0.566. The van der Waals surface area contributed by atoms with E-state index in [9.17, 15) is 14.7 Å². The lowest BCUT2D eigenvalue weighted by atomic mass is 10.1. The van der Waals surface area contributed by atoms with Crippen LogP contribution in [0, 0.1) is 0 Å². The molecular weight excluding hydrogens is 426 g/mol. The fraction of sp³-hybridized carbons (Fsp3) is 0.0952. The van der Waals surface area contributed by atoms with Crippen molar-refractivity contribution >= 4 is 44.3 Å². The van der Waals surface area contributed by atoms with Crippen LogP contribution in [0.5, 0.6) is 0 Å². The summed E-state index contributed by atoms with van der Waals surface area (Å²) in [5.41, 5.74) is 0.981. The molecule has 6 nitrogen and oxygen atoms in total. The highest BCUT2D eigenvalue weighted by molar-refractivity contribution is 9.10. The average Bonchev–Trinajstić information content (AvgIpc) is 2.73. The molecule has 0 atom stereocenters. The Morgan fingerprint density at radius 3 is 2.18 bits per heavy atom. The highest BCUT2D eigenvalue weighted by atomic mass is 79.9. The van der Waals surface area contributed by atoms with Crippen molar-refractivity contribution in [3.8, 4) is 11.3 Å². The third kappa shape index (κ3) is 3.48. The van der Waals surface area contributed by atoms with Gasteiger partial charge in [0, 0.05) is 16.3 Å². The first-order valence-electron chi connectivity index (χ1n) is 8.28. The number of fused-ring (bicyclic) bond motifs is 1. The maximum atomic E-state index is 12.5. The fourth-order valence-corrected chi connectivity index (χ4v) is 3.66. The first-order valence-corrected chi connectivity index (χ1v) is 9.07. The van der Waals surface area contributed by atoms with Crippen LogP contribution in [0.4, 0.5) is 0 Å². The van der Waals surface area contributed by atoms with Crippen LogP contribution in [-0.4, -0.2) is 31.3 Å². The number of rotatable bonds is 4. The van der Waals surface area contributed by atoms with Gasteiger partial charge in [-0.15, -0.1) is 4.57 Å². The van der Waals surface area contributed by atoms with Gasteiger partial charge in [0.05, 0.1) is 18.7 Å². The van der Waals surface area contributed by atoms with Gasteiger partial charge in [0.25, 0.3) is 5.76 Å². The number of carbonyl (C=O) groups excluding carboxylic acids is 2. The molecule has 0 saturated carbocycles. The number of ether oxygens (including phenoxy) is 2. The van der Waals surface area contributed by atoms with Gasteiger partial charge in [0.15, 0.2) is 6.20 Å². The maximum Gasteiger partial charge on any atom is 0.408 e. The van der Waals surface area contributed by atoms with E-state index in [1.807, 2.05) is 54.6 Å². The molecule has 28 heavy (non-hydrogen) atoms. The van der Waals surface area contributed by atoms with Crippen molar-refractivity contribution in [2.45, 2.75) is 0 Å².